The van der Waals surface area contributed by atoms with E-state index >= 15 is 0 Å². The lowest BCUT2D eigenvalue weighted by molar-refractivity contribution is 0.0740. The number of hydrogen-bond acceptors (Lipinski definition) is 5. The SMILES string of the molecule is Cc1cccc(N2CCN(C(=O)c3cc(NC4CCCC4)ncn3)CC2)c1C. The van der Waals surface area contributed by atoms with Gasteiger partial charge in [-0.1, -0.05) is 25.0 Å². The van der Waals surface area contributed by atoms with Gasteiger partial charge in [-0.15, -0.1) is 0 Å². The Bertz CT molecular complexity index is 839. The van der Waals surface area contributed by atoms with Crippen LogP contribution >= 0.6 is 0 Å². The van der Waals surface area contributed by atoms with Crippen molar-refractivity contribution in [3.8, 4) is 0 Å². The van der Waals surface area contributed by atoms with E-state index < -0.39 is 0 Å². The summed E-state index contributed by atoms with van der Waals surface area (Å²) in [4.78, 5) is 25.8. The smallest absolute Gasteiger partial charge is 0.272 e. The molecule has 0 bridgehead atoms. The lowest BCUT2D eigenvalue weighted by Crippen LogP contribution is -2.49. The summed E-state index contributed by atoms with van der Waals surface area (Å²) < 4.78 is 0. The molecule has 148 valence electrons. The lowest BCUT2D eigenvalue weighted by atomic mass is 10.1. The molecule has 6 nitrogen and oxygen atoms in total. The topological polar surface area (TPSA) is 61.4 Å². The van der Waals surface area contributed by atoms with Crippen LogP contribution in [0.25, 0.3) is 0 Å². The molecule has 0 unspecified atom stereocenters. The molecule has 1 aliphatic carbocycles. The molecule has 2 heterocycles. The Hall–Kier alpha value is -2.63. The van der Waals surface area contributed by atoms with Crippen LogP contribution in [0.5, 0.6) is 0 Å². The summed E-state index contributed by atoms with van der Waals surface area (Å²) in [5.41, 5.74) is 4.38. The van der Waals surface area contributed by atoms with E-state index in [0.29, 0.717) is 24.8 Å². The first-order valence-electron chi connectivity index (χ1n) is 10.3. The number of hydrogen-bond donors (Lipinski definition) is 1. The van der Waals surface area contributed by atoms with Crippen molar-refractivity contribution in [3.63, 3.8) is 0 Å². The van der Waals surface area contributed by atoms with Crippen molar-refractivity contribution in [2.24, 2.45) is 0 Å². The monoisotopic (exact) mass is 379 g/mol. The predicted molar refractivity (Wildman–Crippen MR) is 112 cm³/mol. The minimum atomic E-state index is -0.00233. The molecule has 1 saturated heterocycles. The van der Waals surface area contributed by atoms with Crippen molar-refractivity contribution < 1.29 is 4.79 Å². The number of carbonyl (C=O) groups excluding carboxylic acids is 1. The molecule has 1 N–H and O–H groups in total. The highest BCUT2D eigenvalue weighted by Crippen LogP contribution is 2.24. The summed E-state index contributed by atoms with van der Waals surface area (Å²) in [5, 5.41) is 3.45. The van der Waals surface area contributed by atoms with Crippen molar-refractivity contribution in [3.05, 3.63) is 47.4 Å². The van der Waals surface area contributed by atoms with E-state index in [1.165, 1.54) is 48.8 Å². The predicted octanol–water partition coefficient (Wildman–Crippen LogP) is 3.41. The van der Waals surface area contributed by atoms with Crippen LogP contribution in [-0.4, -0.2) is 53.0 Å². The van der Waals surface area contributed by atoms with Crippen molar-refractivity contribution in [2.75, 3.05) is 36.4 Å². The van der Waals surface area contributed by atoms with Crippen LogP contribution in [0.3, 0.4) is 0 Å². The Kier molecular flexibility index (Phi) is 5.46. The number of carbonyl (C=O) groups is 1. The van der Waals surface area contributed by atoms with Gasteiger partial charge in [-0.2, -0.15) is 0 Å². The third kappa shape index (κ3) is 3.96. The van der Waals surface area contributed by atoms with Crippen molar-refractivity contribution in [2.45, 2.75) is 45.6 Å². The second-order valence-electron chi connectivity index (χ2n) is 7.91. The van der Waals surface area contributed by atoms with E-state index in [4.69, 9.17) is 0 Å². The molecule has 0 atom stereocenters. The van der Waals surface area contributed by atoms with E-state index in [0.717, 1.165) is 18.9 Å². The third-order valence-corrected chi connectivity index (χ3v) is 6.08. The summed E-state index contributed by atoms with van der Waals surface area (Å²) in [6, 6.07) is 8.70. The maximum Gasteiger partial charge on any atom is 0.272 e. The van der Waals surface area contributed by atoms with Crippen LogP contribution in [0.2, 0.25) is 0 Å². The van der Waals surface area contributed by atoms with Crippen molar-refractivity contribution in [1.82, 2.24) is 14.9 Å². The fourth-order valence-corrected chi connectivity index (χ4v) is 4.22. The van der Waals surface area contributed by atoms with Crippen molar-refractivity contribution >= 4 is 17.4 Å². The fraction of sp³-hybridized carbons (Fsp3) is 0.500. The number of nitrogens with zero attached hydrogens (tertiary/aromatic N) is 4. The maximum absolute atomic E-state index is 12.9. The van der Waals surface area contributed by atoms with Gasteiger partial charge in [0.25, 0.3) is 5.91 Å². The largest absolute Gasteiger partial charge is 0.368 e. The minimum Gasteiger partial charge on any atom is -0.368 e. The number of amides is 1. The van der Waals surface area contributed by atoms with Gasteiger partial charge in [0, 0.05) is 44.0 Å². The molecule has 1 saturated carbocycles. The highest BCUT2D eigenvalue weighted by molar-refractivity contribution is 5.93. The Morgan fingerprint density at radius 3 is 2.57 bits per heavy atom. The number of rotatable bonds is 4. The van der Waals surface area contributed by atoms with Gasteiger partial charge < -0.3 is 15.1 Å². The number of anilines is 2. The van der Waals surface area contributed by atoms with E-state index in [-0.39, 0.29) is 5.91 Å². The molecule has 2 aliphatic rings. The number of benzene rings is 1. The first-order chi connectivity index (χ1) is 13.6. The zero-order valence-electron chi connectivity index (χ0n) is 16.8. The molecule has 2 fully saturated rings. The molecule has 1 aromatic heterocycles. The summed E-state index contributed by atoms with van der Waals surface area (Å²) >= 11 is 0. The zero-order chi connectivity index (χ0) is 19.5. The fourth-order valence-electron chi connectivity index (χ4n) is 4.22. The molecule has 28 heavy (non-hydrogen) atoms. The first kappa shape index (κ1) is 18.7. The molecule has 1 aliphatic heterocycles. The quantitative estimate of drug-likeness (QED) is 0.882. The maximum atomic E-state index is 12.9. The summed E-state index contributed by atoms with van der Waals surface area (Å²) in [6.07, 6.45) is 6.37. The molecule has 2 aromatic rings. The summed E-state index contributed by atoms with van der Waals surface area (Å²) in [6.45, 7) is 7.42. The minimum absolute atomic E-state index is 0.00233. The lowest BCUT2D eigenvalue weighted by Gasteiger charge is -2.37. The van der Waals surface area contributed by atoms with E-state index in [2.05, 4.69) is 52.2 Å². The number of nitrogens with one attached hydrogen (secondary N) is 1. The molecule has 1 amide bonds. The van der Waals surface area contributed by atoms with Gasteiger partial charge >= 0.3 is 0 Å². The molecule has 1 aromatic carbocycles. The van der Waals surface area contributed by atoms with Gasteiger partial charge in [-0.05, 0) is 43.9 Å². The number of piperazine rings is 1. The van der Waals surface area contributed by atoms with Gasteiger partial charge in [-0.25, -0.2) is 9.97 Å². The Labute approximate surface area is 167 Å². The number of aryl methyl sites for hydroxylation is 1. The Morgan fingerprint density at radius 1 is 1.07 bits per heavy atom. The Balaban J connectivity index is 1.39. The van der Waals surface area contributed by atoms with E-state index in [9.17, 15) is 4.79 Å². The highest BCUT2D eigenvalue weighted by Gasteiger charge is 2.24. The molecule has 0 spiro atoms. The second-order valence-corrected chi connectivity index (χ2v) is 7.91. The van der Waals surface area contributed by atoms with Gasteiger partial charge in [0.1, 0.15) is 17.8 Å². The van der Waals surface area contributed by atoms with Crippen molar-refractivity contribution in [1.29, 1.82) is 0 Å². The van der Waals surface area contributed by atoms with Gasteiger partial charge in [0.05, 0.1) is 0 Å². The van der Waals surface area contributed by atoms with Crippen LogP contribution in [0.1, 0.15) is 47.3 Å². The highest BCUT2D eigenvalue weighted by atomic mass is 16.2. The normalized spacial score (nSPS) is 17.8. The van der Waals surface area contributed by atoms with Gasteiger partial charge in [0.15, 0.2) is 0 Å². The first-order valence-corrected chi connectivity index (χ1v) is 10.3. The molecule has 0 radical (unpaired) electrons. The van der Waals surface area contributed by atoms with Crippen LogP contribution in [0.4, 0.5) is 11.5 Å². The van der Waals surface area contributed by atoms with Crippen LogP contribution in [-0.2, 0) is 0 Å². The van der Waals surface area contributed by atoms with E-state index in [1.54, 1.807) is 6.07 Å². The third-order valence-electron chi connectivity index (χ3n) is 6.08. The van der Waals surface area contributed by atoms with Crippen LogP contribution < -0.4 is 10.2 Å². The zero-order valence-corrected chi connectivity index (χ0v) is 16.8. The second kappa shape index (κ2) is 8.17. The molecule has 4 rings (SSSR count). The number of aromatic nitrogens is 2. The summed E-state index contributed by atoms with van der Waals surface area (Å²) in [5.74, 6) is 0.761. The summed E-state index contributed by atoms with van der Waals surface area (Å²) in [7, 11) is 0. The average molecular weight is 380 g/mol. The van der Waals surface area contributed by atoms with Gasteiger partial charge in [-0.3, -0.25) is 4.79 Å². The standard InChI is InChI=1S/C22H29N5O/c1-16-6-5-9-20(17(16)2)26-10-12-27(13-11-26)22(28)19-14-21(24-15-23-19)25-18-7-3-4-8-18/h5-6,9,14-15,18H,3-4,7-8,10-13H2,1-2H3,(H,23,24,25). The molecular formula is C22H29N5O. The molecular weight excluding hydrogens is 350 g/mol. The average Bonchev–Trinajstić information content (AvgIpc) is 3.23. The molecule has 6 heteroatoms. The van der Waals surface area contributed by atoms with Crippen LogP contribution in [0.15, 0.2) is 30.6 Å². The van der Waals surface area contributed by atoms with E-state index in [1.807, 2.05) is 4.90 Å². The Morgan fingerprint density at radius 2 is 1.82 bits per heavy atom. The van der Waals surface area contributed by atoms with Gasteiger partial charge in [0.2, 0.25) is 0 Å². The van der Waals surface area contributed by atoms with Crippen LogP contribution in [0, 0.1) is 13.8 Å².